The number of likely N-dealkylation sites (N-methyl/N-ethyl adjacent to an activating group) is 1. The Bertz CT molecular complexity index is 930. The van der Waals surface area contributed by atoms with Crippen molar-refractivity contribution in [2.24, 2.45) is 0 Å². The smallest absolute Gasteiger partial charge is 0.387 e. The van der Waals surface area contributed by atoms with Crippen molar-refractivity contribution < 1.29 is 27.9 Å². The first-order valence-corrected chi connectivity index (χ1v) is 8.92. The molecule has 0 bridgehead atoms. The Hall–Kier alpha value is -3.75. The SMILES string of the molecule is CNC(=O)CN(C(=O)C=Cc1ccc(OC(F)F)cc1)c1ccccc1C(=O)NC. The summed E-state index contributed by atoms with van der Waals surface area (Å²) in [5.41, 5.74) is 1.07. The molecule has 0 heterocycles. The van der Waals surface area contributed by atoms with Gasteiger partial charge in [-0.1, -0.05) is 24.3 Å². The van der Waals surface area contributed by atoms with Crippen molar-refractivity contribution in [1.82, 2.24) is 10.6 Å². The number of carbonyl (C=O) groups is 3. The van der Waals surface area contributed by atoms with Crippen LogP contribution in [0.3, 0.4) is 0 Å². The molecule has 0 aliphatic carbocycles. The van der Waals surface area contributed by atoms with E-state index in [2.05, 4.69) is 15.4 Å². The second-order valence-corrected chi connectivity index (χ2v) is 5.97. The molecule has 0 saturated heterocycles. The largest absolute Gasteiger partial charge is 0.435 e. The van der Waals surface area contributed by atoms with Gasteiger partial charge in [-0.3, -0.25) is 19.3 Å². The molecule has 2 aromatic rings. The number of hydrogen-bond donors (Lipinski definition) is 2. The van der Waals surface area contributed by atoms with E-state index in [1.54, 1.807) is 24.3 Å². The molecule has 7 nitrogen and oxygen atoms in total. The molecule has 0 saturated carbocycles. The van der Waals surface area contributed by atoms with Gasteiger partial charge in [-0.05, 0) is 35.9 Å². The molecule has 0 radical (unpaired) electrons. The lowest BCUT2D eigenvalue weighted by Crippen LogP contribution is -2.40. The fourth-order valence-electron chi connectivity index (χ4n) is 2.56. The highest BCUT2D eigenvalue weighted by Gasteiger charge is 2.21. The lowest BCUT2D eigenvalue weighted by molar-refractivity contribution is -0.121. The highest BCUT2D eigenvalue weighted by atomic mass is 19.3. The number of para-hydroxylation sites is 1. The van der Waals surface area contributed by atoms with Crippen LogP contribution in [0.4, 0.5) is 14.5 Å². The molecule has 0 fully saturated rings. The number of nitrogens with one attached hydrogen (secondary N) is 2. The van der Waals surface area contributed by atoms with E-state index in [-0.39, 0.29) is 23.5 Å². The summed E-state index contributed by atoms with van der Waals surface area (Å²) in [4.78, 5) is 38.1. The Labute approximate surface area is 172 Å². The van der Waals surface area contributed by atoms with Gasteiger partial charge in [0, 0.05) is 20.2 Å². The molecule has 2 aromatic carbocycles. The summed E-state index contributed by atoms with van der Waals surface area (Å²) in [6, 6.07) is 12.1. The fourth-order valence-corrected chi connectivity index (χ4v) is 2.56. The molecule has 3 amide bonds. The van der Waals surface area contributed by atoms with E-state index in [0.29, 0.717) is 5.56 Å². The molecule has 2 rings (SSSR count). The van der Waals surface area contributed by atoms with Gasteiger partial charge in [0.25, 0.3) is 11.8 Å². The summed E-state index contributed by atoms with van der Waals surface area (Å²) in [7, 11) is 2.90. The predicted octanol–water partition coefficient (Wildman–Crippen LogP) is 2.44. The van der Waals surface area contributed by atoms with Crippen LogP contribution in [0.1, 0.15) is 15.9 Å². The van der Waals surface area contributed by atoms with E-state index in [9.17, 15) is 23.2 Å². The van der Waals surface area contributed by atoms with Crippen LogP contribution >= 0.6 is 0 Å². The summed E-state index contributed by atoms with van der Waals surface area (Å²) < 4.78 is 28.7. The van der Waals surface area contributed by atoms with Crippen LogP contribution in [-0.2, 0) is 9.59 Å². The van der Waals surface area contributed by atoms with Crippen molar-refractivity contribution in [3.8, 4) is 5.75 Å². The Morgan fingerprint density at radius 1 is 1.03 bits per heavy atom. The number of halogens is 2. The number of carbonyl (C=O) groups excluding carboxylic acids is 3. The van der Waals surface area contributed by atoms with Crippen molar-refractivity contribution in [3.63, 3.8) is 0 Å². The van der Waals surface area contributed by atoms with Gasteiger partial charge in [-0.25, -0.2) is 0 Å². The topological polar surface area (TPSA) is 87.7 Å². The quantitative estimate of drug-likeness (QED) is 0.646. The molecule has 0 atom stereocenters. The van der Waals surface area contributed by atoms with E-state index < -0.39 is 24.3 Å². The summed E-state index contributed by atoms with van der Waals surface area (Å²) in [5.74, 6) is -1.37. The number of hydrogen-bond acceptors (Lipinski definition) is 4. The normalized spacial score (nSPS) is 10.7. The number of amides is 3. The van der Waals surface area contributed by atoms with E-state index >= 15 is 0 Å². The third kappa shape index (κ3) is 6.13. The third-order valence-corrected chi connectivity index (χ3v) is 4.04. The summed E-state index contributed by atoms with van der Waals surface area (Å²) in [6.45, 7) is -3.22. The zero-order chi connectivity index (χ0) is 22.1. The van der Waals surface area contributed by atoms with Crippen LogP contribution < -0.4 is 20.3 Å². The van der Waals surface area contributed by atoms with Crippen molar-refractivity contribution in [2.45, 2.75) is 6.61 Å². The number of alkyl halides is 2. The van der Waals surface area contributed by atoms with Crippen LogP contribution in [0.15, 0.2) is 54.6 Å². The zero-order valence-electron chi connectivity index (χ0n) is 16.4. The molecule has 158 valence electrons. The standard InChI is InChI=1S/C21H21F2N3O4/c1-24-18(27)13-26(17-6-4-3-5-16(17)20(29)25-2)19(28)12-9-14-7-10-15(11-8-14)30-21(22)23/h3-12,21H,13H2,1-2H3,(H,24,27)(H,25,29). The first-order chi connectivity index (χ1) is 14.3. The lowest BCUT2D eigenvalue weighted by Gasteiger charge is -2.23. The van der Waals surface area contributed by atoms with Crippen molar-refractivity contribution in [3.05, 3.63) is 65.7 Å². The molecule has 2 N–H and O–H groups in total. The van der Waals surface area contributed by atoms with Crippen LogP contribution in [0.5, 0.6) is 5.75 Å². The maximum atomic E-state index is 12.8. The number of nitrogens with zero attached hydrogens (tertiary/aromatic N) is 1. The Kier molecular flexibility index (Phi) is 8.04. The van der Waals surface area contributed by atoms with E-state index in [4.69, 9.17) is 0 Å². The number of ether oxygens (including phenoxy) is 1. The minimum atomic E-state index is -2.92. The number of benzene rings is 2. The Balaban J connectivity index is 2.29. The highest BCUT2D eigenvalue weighted by molar-refractivity contribution is 6.11. The molecule has 9 heteroatoms. The predicted molar refractivity (Wildman–Crippen MR) is 108 cm³/mol. The van der Waals surface area contributed by atoms with Crippen LogP contribution in [0.25, 0.3) is 6.08 Å². The van der Waals surface area contributed by atoms with Gasteiger partial charge in [-0.2, -0.15) is 8.78 Å². The summed E-state index contributed by atoms with van der Waals surface area (Å²) >= 11 is 0. The van der Waals surface area contributed by atoms with E-state index in [0.717, 1.165) is 0 Å². The third-order valence-electron chi connectivity index (χ3n) is 4.04. The van der Waals surface area contributed by atoms with Gasteiger partial charge in [0.15, 0.2) is 0 Å². The molecular weight excluding hydrogens is 396 g/mol. The average molecular weight is 417 g/mol. The van der Waals surface area contributed by atoms with E-state index in [1.165, 1.54) is 55.4 Å². The van der Waals surface area contributed by atoms with Crippen LogP contribution in [0.2, 0.25) is 0 Å². The first-order valence-electron chi connectivity index (χ1n) is 8.92. The zero-order valence-corrected chi connectivity index (χ0v) is 16.4. The van der Waals surface area contributed by atoms with Gasteiger partial charge in [0.1, 0.15) is 12.3 Å². The van der Waals surface area contributed by atoms with Crippen LogP contribution in [0, 0.1) is 0 Å². The fraction of sp³-hybridized carbons (Fsp3) is 0.190. The van der Waals surface area contributed by atoms with Crippen molar-refractivity contribution in [1.29, 1.82) is 0 Å². The first kappa shape index (κ1) is 22.5. The highest BCUT2D eigenvalue weighted by Crippen LogP contribution is 2.21. The number of anilines is 1. The van der Waals surface area contributed by atoms with Crippen LogP contribution in [-0.4, -0.2) is 45.0 Å². The molecule has 0 unspecified atom stereocenters. The average Bonchev–Trinajstić information content (AvgIpc) is 2.75. The van der Waals surface area contributed by atoms with Gasteiger partial charge in [0.2, 0.25) is 5.91 Å². The van der Waals surface area contributed by atoms with Gasteiger partial charge in [-0.15, -0.1) is 0 Å². The number of rotatable bonds is 8. The molecular formula is C21H21F2N3O4. The summed E-state index contributed by atoms with van der Waals surface area (Å²) in [5, 5.41) is 4.94. The Morgan fingerprint density at radius 2 is 1.70 bits per heavy atom. The minimum absolute atomic E-state index is 0.00535. The second kappa shape index (κ2) is 10.7. The van der Waals surface area contributed by atoms with Gasteiger partial charge >= 0.3 is 6.61 Å². The Morgan fingerprint density at radius 3 is 2.30 bits per heavy atom. The molecule has 0 aliphatic rings. The van der Waals surface area contributed by atoms with Gasteiger partial charge < -0.3 is 15.4 Å². The maximum Gasteiger partial charge on any atom is 0.387 e. The summed E-state index contributed by atoms with van der Waals surface area (Å²) in [6.07, 6.45) is 2.69. The second-order valence-electron chi connectivity index (χ2n) is 5.97. The monoisotopic (exact) mass is 417 g/mol. The lowest BCUT2D eigenvalue weighted by atomic mass is 10.1. The molecule has 0 aliphatic heterocycles. The van der Waals surface area contributed by atoms with E-state index in [1.807, 2.05) is 0 Å². The molecule has 0 spiro atoms. The van der Waals surface area contributed by atoms with Crippen molar-refractivity contribution >= 4 is 29.5 Å². The maximum absolute atomic E-state index is 12.8. The van der Waals surface area contributed by atoms with Gasteiger partial charge in [0.05, 0.1) is 11.3 Å². The minimum Gasteiger partial charge on any atom is -0.435 e. The van der Waals surface area contributed by atoms with Crippen molar-refractivity contribution in [2.75, 3.05) is 25.5 Å². The molecule has 30 heavy (non-hydrogen) atoms. The molecule has 0 aromatic heterocycles.